The van der Waals surface area contributed by atoms with Crippen molar-refractivity contribution in [2.45, 2.75) is 25.3 Å². The number of halogens is 1. The summed E-state index contributed by atoms with van der Waals surface area (Å²) >= 11 is 9.10. The molecule has 0 radical (unpaired) electrons. The van der Waals surface area contributed by atoms with Crippen LogP contribution in [0.4, 0.5) is 5.69 Å². The first-order valence-corrected chi connectivity index (χ1v) is 8.67. The normalized spacial score (nSPS) is 18.0. The van der Waals surface area contributed by atoms with Crippen LogP contribution in [0.2, 0.25) is 0 Å². The van der Waals surface area contributed by atoms with E-state index in [0.717, 1.165) is 28.2 Å². The first-order chi connectivity index (χ1) is 10.7. The molecule has 22 heavy (non-hydrogen) atoms. The Morgan fingerprint density at radius 1 is 1.23 bits per heavy atom. The Morgan fingerprint density at radius 2 is 2.05 bits per heavy atom. The maximum atomic E-state index is 5.65. The van der Waals surface area contributed by atoms with Crippen LogP contribution in [0.3, 0.4) is 0 Å². The molecule has 3 rings (SSSR count). The van der Waals surface area contributed by atoms with Gasteiger partial charge in [0.15, 0.2) is 5.11 Å². The summed E-state index contributed by atoms with van der Waals surface area (Å²) in [6.45, 7) is 0.988. The van der Waals surface area contributed by atoms with Crippen molar-refractivity contribution < 1.29 is 0 Å². The highest BCUT2D eigenvalue weighted by Crippen LogP contribution is 2.31. The number of thiocarbonyl (C=S) groups is 1. The number of nitrogens with one attached hydrogen (secondary N) is 1. The topological polar surface area (TPSA) is 28.2 Å². The first-order valence-electron chi connectivity index (χ1n) is 7.47. The molecule has 1 fully saturated rings. The summed E-state index contributed by atoms with van der Waals surface area (Å²) in [7, 11) is 0. The molecule has 1 aromatic heterocycles. The van der Waals surface area contributed by atoms with Gasteiger partial charge in [-0.2, -0.15) is 0 Å². The summed E-state index contributed by atoms with van der Waals surface area (Å²) in [4.78, 5) is 6.54. The van der Waals surface area contributed by atoms with E-state index in [1.807, 2.05) is 42.7 Å². The third kappa shape index (κ3) is 3.65. The zero-order valence-corrected chi connectivity index (χ0v) is 14.6. The van der Waals surface area contributed by atoms with Gasteiger partial charge in [-0.05, 0) is 67.4 Å². The molecule has 0 saturated carbocycles. The quantitative estimate of drug-likeness (QED) is 0.765. The highest BCUT2D eigenvalue weighted by atomic mass is 79.9. The van der Waals surface area contributed by atoms with Crippen LogP contribution in [0.25, 0.3) is 0 Å². The lowest BCUT2D eigenvalue weighted by molar-refractivity contribution is 0.248. The second-order valence-corrected chi connectivity index (χ2v) is 6.73. The number of pyridine rings is 1. The van der Waals surface area contributed by atoms with Crippen molar-refractivity contribution in [3.8, 4) is 0 Å². The average molecular weight is 376 g/mol. The Bertz CT molecular complexity index is 630. The summed E-state index contributed by atoms with van der Waals surface area (Å²) in [5.74, 6) is 0. The molecule has 1 saturated heterocycles. The van der Waals surface area contributed by atoms with Gasteiger partial charge in [0.2, 0.25) is 0 Å². The monoisotopic (exact) mass is 375 g/mol. The van der Waals surface area contributed by atoms with Crippen molar-refractivity contribution in [3.05, 3.63) is 58.8 Å². The molecule has 1 atom stereocenters. The van der Waals surface area contributed by atoms with Gasteiger partial charge in [-0.25, -0.2) is 0 Å². The molecule has 0 bridgehead atoms. The number of benzene rings is 1. The first kappa shape index (κ1) is 15.4. The van der Waals surface area contributed by atoms with Crippen molar-refractivity contribution in [2.75, 3.05) is 11.9 Å². The van der Waals surface area contributed by atoms with E-state index in [1.54, 1.807) is 0 Å². The van der Waals surface area contributed by atoms with Crippen molar-refractivity contribution in [1.29, 1.82) is 0 Å². The molecule has 5 heteroatoms. The fourth-order valence-corrected chi connectivity index (χ4v) is 3.42. The lowest BCUT2D eigenvalue weighted by Gasteiger charge is -2.37. The smallest absolute Gasteiger partial charge is 0.173 e. The number of rotatable bonds is 2. The number of anilines is 1. The summed E-state index contributed by atoms with van der Waals surface area (Å²) < 4.78 is 1.06. The van der Waals surface area contributed by atoms with E-state index < -0.39 is 0 Å². The number of hydrogen-bond donors (Lipinski definition) is 1. The summed E-state index contributed by atoms with van der Waals surface area (Å²) in [5, 5.41) is 4.14. The fourth-order valence-electron chi connectivity index (χ4n) is 2.82. The Labute approximate surface area is 144 Å². The van der Waals surface area contributed by atoms with Gasteiger partial charge in [0.25, 0.3) is 0 Å². The SMILES string of the molecule is S=C(Nc1ccc(Br)cc1)N1CCCC[C@H]1c1cccnc1. The predicted octanol–water partition coefficient (Wildman–Crippen LogP) is 4.77. The minimum atomic E-state index is 0.317. The summed E-state index contributed by atoms with van der Waals surface area (Å²) in [5.41, 5.74) is 2.26. The van der Waals surface area contributed by atoms with E-state index in [1.165, 1.54) is 18.4 Å². The Morgan fingerprint density at radius 3 is 2.77 bits per heavy atom. The second-order valence-electron chi connectivity index (χ2n) is 5.43. The zero-order valence-electron chi connectivity index (χ0n) is 12.2. The van der Waals surface area contributed by atoms with Crippen molar-refractivity contribution in [2.24, 2.45) is 0 Å². The molecule has 3 nitrogen and oxygen atoms in total. The zero-order chi connectivity index (χ0) is 15.4. The van der Waals surface area contributed by atoms with Crippen LogP contribution in [0.1, 0.15) is 30.9 Å². The third-order valence-electron chi connectivity index (χ3n) is 3.93. The molecule has 0 spiro atoms. The second kappa shape index (κ2) is 7.20. The minimum Gasteiger partial charge on any atom is -0.342 e. The van der Waals surface area contributed by atoms with E-state index in [0.29, 0.717) is 6.04 Å². The Balaban J connectivity index is 1.75. The van der Waals surface area contributed by atoms with Gasteiger partial charge >= 0.3 is 0 Å². The van der Waals surface area contributed by atoms with Gasteiger partial charge in [0.05, 0.1) is 6.04 Å². The molecule has 1 aromatic carbocycles. The molecule has 1 N–H and O–H groups in total. The maximum absolute atomic E-state index is 5.65. The van der Waals surface area contributed by atoms with E-state index in [9.17, 15) is 0 Å². The molecule has 2 heterocycles. The lowest BCUT2D eigenvalue weighted by Crippen LogP contribution is -2.41. The average Bonchev–Trinajstić information content (AvgIpc) is 2.58. The van der Waals surface area contributed by atoms with Crippen LogP contribution in [0.5, 0.6) is 0 Å². The minimum absolute atomic E-state index is 0.317. The molecule has 0 aliphatic carbocycles. The molecule has 1 aliphatic rings. The number of aromatic nitrogens is 1. The largest absolute Gasteiger partial charge is 0.342 e. The van der Waals surface area contributed by atoms with Crippen molar-refractivity contribution >= 4 is 38.9 Å². The van der Waals surface area contributed by atoms with Gasteiger partial charge in [0, 0.05) is 29.1 Å². The van der Waals surface area contributed by atoms with Crippen LogP contribution in [-0.4, -0.2) is 21.5 Å². The van der Waals surface area contributed by atoms with Crippen molar-refractivity contribution in [3.63, 3.8) is 0 Å². The number of nitrogens with zero attached hydrogens (tertiary/aromatic N) is 2. The molecule has 0 amide bonds. The van der Waals surface area contributed by atoms with Gasteiger partial charge in [-0.15, -0.1) is 0 Å². The lowest BCUT2D eigenvalue weighted by atomic mass is 9.97. The van der Waals surface area contributed by atoms with E-state index in [-0.39, 0.29) is 0 Å². The van der Waals surface area contributed by atoms with Crippen LogP contribution in [-0.2, 0) is 0 Å². The Kier molecular flexibility index (Phi) is 5.05. The predicted molar refractivity (Wildman–Crippen MR) is 97.9 cm³/mol. The van der Waals surface area contributed by atoms with Gasteiger partial charge in [-0.3, -0.25) is 4.98 Å². The highest BCUT2D eigenvalue weighted by molar-refractivity contribution is 9.10. The molecular formula is C17H18BrN3S. The van der Waals surface area contributed by atoms with Crippen LogP contribution in [0.15, 0.2) is 53.3 Å². The van der Waals surface area contributed by atoms with E-state index in [2.05, 4.69) is 37.2 Å². The van der Waals surface area contributed by atoms with E-state index in [4.69, 9.17) is 12.2 Å². The van der Waals surface area contributed by atoms with E-state index >= 15 is 0 Å². The van der Waals surface area contributed by atoms with Crippen molar-refractivity contribution in [1.82, 2.24) is 9.88 Å². The third-order valence-corrected chi connectivity index (χ3v) is 4.79. The number of likely N-dealkylation sites (tertiary alicyclic amines) is 1. The number of piperidine rings is 1. The molecule has 114 valence electrons. The van der Waals surface area contributed by atoms with Gasteiger partial charge in [0.1, 0.15) is 0 Å². The van der Waals surface area contributed by atoms with Gasteiger partial charge < -0.3 is 10.2 Å². The van der Waals surface area contributed by atoms with Crippen LogP contribution in [0, 0.1) is 0 Å². The highest BCUT2D eigenvalue weighted by Gasteiger charge is 2.26. The maximum Gasteiger partial charge on any atom is 0.173 e. The standard InChI is InChI=1S/C17H18BrN3S/c18-14-6-8-15(9-7-14)20-17(22)21-11-2-1-5-16(21)13-4-3-10-19-12-13/h3-4,6-10,12,16H,1-2,5,11H2,(H,20,22)/t16-/m0/s1. The molecule has 1 aliphatic heterocycles. The Hall–Kier alpha value is -1.46. The molecule has 2 aromatic rings. The van der Waals surface area contributed by atoms with Gasteiger partial charge in [-0.1, -0.05) is 22.0 Å². The van der Waals surface area contributed by atoms with Crippen LogP contribution >= 0.6 is 28.1 Å². The molecular weight excluding hydrogens is 358 g/mol. The fraction of sp³-hybridized carbons (Fsp3) is 0.294. The summed E-state index contributed by atoms with van der Waals surface area (Å²) in [6, 6.07) is 12.5. The summed E-state index contributed by atoms with van der Waals surface area (Å²) in [6.07, 6.45) is 7.30. The number of hydrogen-bond acceptors (Lipinski definition) is 2. The molecule has 0 unspecified atom stereocenters. The van der Waals surface area contributed by atoms with Crippen LogP contribution < -0.4 is 5.32 Å².